The standard InChI is InChI=1S/C21H20N2O5/c1-13(20(25)17-10-22-18-7-3-2-6-16(17)18)28-21(26)14-9-19(24)23(11-14)12-15-5-4-8-27-15/h2-8,10,13-14,22H,9,11-12H2,1H3. The molecule has 2 unspecified atom stereocenters. The number of likely N-dealkylation sites (tertiary alicyclic amines) is 1. The molecule has 1 N–H and O–H groups in total. The molecule has 1 aliphatic rings. The van der Waals surface area contributed by atoms with Gasteiger partial charge in [0.25, 0.3) is 0 Å². The second-order valence-electron chi connectivity index (χ2n) is 6.95. The van der Waals surface area contributed by atoms with E-state index in [0.29, 0.717) is 17.9 Å². The van der Waals surface area contributed by atoms with Crippen LogP contribution in [0.1, 0.15) is 29.5 Å². The monoisotopic (exact) mass is 380 g/mol. The maximum absolute atomic E-state index is 12.7. The number of hydrogen-bond acceptors (Lipinski definition) is 5. The summed E-state index contributed by atoms with van der Waals surface area (Å²) >= 11 is 0. The Morgan fingerprint density at radius 2 is 2.11 bits per heavy atom. The molecule has 7 heteroatoms. The summed E-state index contributed by atoms with van der Waals surface area (Å²) in [6, 6.07) is 11.0. The number of nitrogens with zero attached hydrogens (tertiary/aromatic N) is 1. The topological polar surface area (TPSA) is 92.6 Å². The van der Waals surface area contributed by atoms with Crippen molar-refractivity contribution in [1.29, 1.82) is 0 Å². The highest BCUT2D eigenvalue weighted by atomic mass is 16.5. The van der Waals surface area contributed by atoms with Crippen LogP contribution in [0.2, 0.25) is 0 Å². The van der Waals surface area contributed by atoms with Crippen LogP contribution in [-0.2, 0) is 20.9 Å². The SMILES string of the molecule is CC(OC(=O)C1CC(=O)N(Cc2ccco2)C1)C(=O)c1c[nH]c2ccccc12. The van der Waals surface area contributed by atoms with Gasteiger partial charge in [-0.3, -0.25) is 14.4 Å². The minimum Gasteiger partial charge on any atom is -0.467 e. The number of benzene rings is 1. The third-order valence-electron chi connectivity index (χ3n) is 4.99. The van der Waals surface area contributed by atoms with Gasteiger partial charge in [-0.1, -0.05) is 18.2 Å². The third-order valence-corrected chi connectivity index (χ3v) is 4.99. The summed E-state index contributed by atoms with van der Waals surface area (Å²) < 4.78 is 10.7. The predicted octanol–water partition coefficient (Wildman–Crippen LogP) is 2.92. The molecule has 2 atom stereocenters. The van der Waals surface area contributed by atoms with Crippen LogP contribution in [0.15, 0.2) is 53.3 Å². The van der Waals surface area contributed by atoms with Crippen LogP contribution in [0.4, 0.5) is 0 Å². The molecule has 28 heavy (non-hydrogen) atoms. The number of amides is 1. The highest BCUT2D eigenvalue weighted by molar-refractivity contribution is 6.10. The van der Waals surface area contributed by atoms with E-state index < -0.39 is 18.0 Å². The maximum Gasteiger partial charge on any atom is 0.311 e. The van der Waals surface area contributed by atoms with Gasteiger partial charge in [0.2, 0.25) is 11.7 Å². The zero-order valence-corrected chi connectivity index (χ0v) is 15.4. The first-order chi connectivity index (χ1) is 13.5. The highest BCUT2D eigenvalue weighted by Crippen LogP contribution is 2.24. The molecule has 2 aromatic heterocycles. The van der Waals surface area contributed by atoms with E-state index in [1.54, 1.807) is 36.4 Å². The zero-order chi connectivity index (χ0) is 19.7. The summed E-state index contributed by atoms with van der Waals surface area (Å²) in [5.41, 5.74) is 1.33. The average Bonchev–Trinajstić information content (AvgIpc) is 3.42. The number of ether oxygens (including phenoxy) is 1. The Bertz CT molecular complexity index is 1020. The third kappa shape index (κ3) is 3.43. The average molecular weight is 380 g/mol. The summed E-state index contributed by atoms with van der Waals surface area (Å²) in [6.45, 7) is 2.13. The van der Waals surface area contributed by atoms with Gasteiger partial charge in [-0.25, -0.2) is 0 Å². The number of aromatic nitrogens is 1. The van der Waals surface area contributed by atoms with E-state index in [-0.39, 0.29) is 24.7 Å². The molecule has 1 aliphatic heterocycles. The summed E-state index contributed by atoms with van der Waals surface area (Å²) in [5, 5.41) is 0.788. The second-order valence-corrected chi connectivity index (χ2v) is 6.95. The highest BCUT2D eigenvalue weighted by Gasteiger charge is 2.37. The molecule has 1 fully saturated rings. The van der Waals surface area contributed by atoms with Gasteiger partial charge in [0.05, 0.1) is 18.7 Å². The predicted molar refractivity (Wildman–Crippen MR) is 100 cm³/mol. The number of furan rings is 1. The normalized spacial score (nSPS) is 17.8. The molecular weight excluding hydrogens is 360 g/mol. The van der Waals surface area contributed by atoms with Crippen LogP contribution in [0.25, 0.3) is 10.9 Å². The Kier molecular flexibility index (Phi) is 4.73. The number of Topliss-reactive ketones (excluding diaryl/α,β-unsaturated/α-hetero) is 1. The van der Waals surface area contributed by atoms with Gasteiger partial charge in [-0.15, -0.1) is 0 Å². The molecule has 4 rings (SSSR count). The number of ketones is 1. The lowest BCUT2D eigenvalue weighted by Crippen LogP contribution is -2.30. The molecule has 0 radical (unpaired) electrons. The minimum absolute atomic E-state index is 0.0769. The molecular formula is C21H20N2O5. The van der Waals surface area contributed by atoms with E-state index in [1.807, 2.05) is 24.3 Å². The molecule has 3 aromatic rings. The van der Waals surface area contributed by atoms with E-state index in [9.17, 15) is 14.4 Å². The quantitative estimate of drug-likeness (QED) is 0.524. The van der Waals surface area contributed by atoms with E-state index in [1.165, 1.54) is 0 Å². The number of H-pyrrole nitrogens is 1. The number of carbonyl (C=O) groups excluding carboxylic acids is 3. The van der Waals surface area contributed by atoms with Gasteiger partial charge in [0.1, 0.15) is 5.76 Å². The number of nitrogens with one attached hydrogen (secondary N) is 1. The van der Waals surface area contributed by atoms with Gasteiger partial charge >= 0.3 is 5.97 Å². The Morgan fingerprint density at radius 1 is 1.29 bits per heavy atom. The molecule has 1 aromatic carbocycles. The van der Waals surface area contributed by atoms with Gasteiger partial charge in [0, 0.05) is 35.6 Å². The fourth-order valence-electron chi connectivity index (χ4n) is 3.49. The second kappa shape index (κ2) is 7.34. The van der Waals surface area contributed by atoms with Crippen LogP contribution >= 0.6 is 0 Å². The number of rotatable bonds is 6. The summed E-state index contributed by atoms with van der Waals surface area (Å²) in [5.74, 6) is -0.863. The number of fused-ring (bicyclic) bond motifs is 1. The van der Waals surface area contributed by atoms with Gasteiger partial charge in [-0.2, -0.15) is 0 Å². The fraction of sp³-hybridized carbons (Fsp3) is 0.286. The molecule has 7 nitrogen and oxygen atoms in total. The summed E-state index contributed by atoms with van der Waals surface area (Å²) in [7, 11) is 0. The first-order valence-corrected chi connectivity index (χ1v) is 9.14. The van der Waals surface area contributed by atoms with Crippen molar-refractivity contribution in [3.8, 4) is 0 Å². The van der Waals surface area contributed by atoms with Crippen molar-refractivity contribution in [2.75, 3.05) is 6.54 Å². The zero-order valence-electron chi connectivity index (χ0n) is 15.4. The first-order valence-electron chi connectivity index (χ1n) is 9.14. The lowest BCUT2D eigenvalue weighted by Gasteiger charge is -2.16. The van der Waals surface area contributed by atoms with E-state index >= 15 is 0 Å². The molecule has 0 aliphatic carbocycles. The molecule has 0 bridgehead atoms. The van der Waals surface area contributed by atoms with Crippen molar-refractivity contribution in [1.82, 2.24) is 9.88 Å². The Morgan fingerprint density at radius 3 is 2.89 bits per heavy atom. The number of carbonyl (C=O) groups is 3. The molecule has 144 valence electrons. The van der Waals surface area contributed by atoms with Crippen LogP contribution in [0.3, 0.4) is 0 Å². The first kappa shape index (κ1) is 18.0. The Balaban J connectivity index is 1.39. The van der Waals surface area contributed by atoms with E-state index in [0.717, 1.165) is 10.9 Å². The van der Waals surface area contributed by atoms with E-state index in [2.05, 4.69) is 4.98 Å². The maximum atomic E-state index is 12.7. The Hall–Kier alpha value is -3.35. The molecule has 1 saturated heterocycles. The molecule has 0 spiro atoms. The van der Waals surface area contributed by atoms with Crippen molar-refractivity contribution >= 4 is 28.6 Å². The van der Waals surface area contributed by atoms with Crippen molar-refractivity contribution in [2.24, 2.45) is 5.92 Å². The van der Waals surface area contributed by atoms with Crippen molar-refractivity contribution in [3.63, 3.8) is 0 Å². The van der Waals surface area contributed by atoms with Crippen LogP contribution in [0.5, 0.6) is 0 Å². The molecule has 1 amide bonds. The lowest BCUT2D eigenvalue weighted by atomic mass is 10.1. The Labute approximate surface area is 161 Å². The fourth-order valence-corrected chi connectivity index (χ4v) is 3.49. The van der Waals surface area contributed by atoms with Crippen molar-refractivity contribution < 1.29 is 23.5 Å². The number of aromatic amines is 1. The van der Waals surface area contributed by atoms with Crippen LogP contribution < -0.4 is 0 Å². The number of para-hydroxylation sites is 1. The summed E-state index contributed by atoms with van der Waals surface area (Å²) in [4.78, 5) is 42.0. The minimum atomic E-state index is -0.930. The van der Waals surface area contributed by atoms with Crippen LogP contribution in [-0.4, -0.2) is 40.2 Å². The molecule has 0 saturated carbocycles. The van der Waals surface area contributed by atoms with E-state index in [4.69, 9.17) is 9.15 Å². The van der Waals surface area contributed by atoms with Crippen LogP contribution in [0, 0.1) is 5.92 Å². The van der Waals surface area contributed by atoms with Gasteiger partial charge in [0.15, 0.2) is 6.10 Å². The van der Waals surface area contributed by atoms with Crippen molar-refractivity contribution in [3.05, 3.63) is 60.2 Å². The number of esters is 1. The summed E-state index contributed by atoms with van der Waals surface area (Å²) in [6.07, 6.45) is 2.32. The van der Waals surface area contributed by atoms with Gasteiger partial charge in [-0.05, 0) is 25.1 Å². The lowest BCUT2D eigenvalue weighted by molar-refractivity contribution is -0.151. The number of hydrogen-bond donors (Lipinski definition) is 1. The van der Waals surface area contributed by atoms with Crippen molar-refractivity contribution in [2.45, 2.75) is 26.0 Å². The molecule has 3 heterocycles. The smallest absolute Gasteiger partial charge is 0.311 e. The van der Waals surface area contributed by atoms with Gasteiger partial charge < -0.3 is 19.0 Å². The largest absolute Gasteiger partial charge is 0.467 e.